The first-order valence-corrected chi connectivity index (χ1v) is 4.84. The molecule has 1 aromatic rings. The van der Waals surface area contributed by atoms with E-state index in [-0.39, 0.29) is 0 Å². The van der Waals surface area contributed by atoms with Crippen molar-refractivity contribution >= 4 is 5.97 Å². The third-order valence-electron chi connectivity index (χ3n) is 3.02. The Labute approximate surface area is 81.5 Å². The van der Waals surface area contributed by atoms with Gasteiger partial charge < -0.3 is 5.11 Å². The van der Waals surface area contributed by atoms with Crippen LogP contribution in [0.5, 0.6) is 0 Å². The van der Waals surface area contributed by atoms with Gasteiger partial charge in [-0.05, 0) is 19.3 Å². The average Bonchev–Trinajstić information content (AvgIpc) is 2.50. The van der Waals surface area contributed by atoms with Crippen molar-refractivity contribution in [3.8, 4) is 0 Å². The van der Waals surface area contributed by atoms with Gasteiger partial charge in [0.25, 0.3) is 0 Å². The Kier molecular flexibility index (Phi) is 2.02. The van der Waals surface area contributed by atoms with Crippen LogP contribution in [-0.2, 0) is 16.6 Å². The van der Waals surface area contributed by atoms with Crippen LogP contribution in [0.25, 0.3) is 0 Å². The highest BCUT2D eigenvalue weighted by Gasteiger charge is 2.49. The first-order chi connectivity index (χ1) is 6.70. The van der Waals surface area contributed by atoms with Gasteiger partial charge in [0.2, 0.25) is 0 Å². The molecule has 2 rings (SSSR count). The predicted octanol–water partition coefficient (Wildman–Crippen LogP) is 0.873. The van der Waals surface area contributed by atoms with Crippen molar-refractivity contribution in [2.45, 2.75) is 38.0 Å². The summed E-state index contributed by atoms with van der Waals surface area (Å²) in [6.45, 7) is 1.95. The maximum absolute atomic E-state index is 11.2. The molecule has 0 aliphatic heterocycles. The van der Waals surface area contributed by atoms with Gasteiger partial charge in [0.15, 0.2) is 0 Å². The fourth-order valence-electron chi connectivity index (χ4n) is 1.96. The van der Waals surface area contributed by atoms with Crippen molar-refractivity contribution in [2.75, 3.05) is 0 Å². The molecule has 1 saturated carbocycles. The van der Waals surface area contributed by atoms with E-state index in [9.17, 15) is 9.90 Å². The highest BCUT2D eigenvalue weighted by Crippen LogP contribution is 2.43. The van der Waals surface area contributed by atoms with Gasteiger partial charge in [0, 0.05) is 0 Å². The number of hydrogen-bond acceptors (Lipinski definition) is 3. The van der Waals surface area contributed by atoms with E-state index in [0.29, 0.717) is 18.5 Å². The summed E-state index contributed by atoms with van der Waals surface area (Å²) in [5.41, 5.74) is 0.670. The Hall–Kier alpha value is -1.39. The van der Waals surface area contributed by atoms with Gasteiger partial charge in [-0.15, -0.1) is 0 Å². The summed E-state index contributed by atoms with van der Waals surface area (Å²) in [5, 5.41) is 19.7. The molecule has 0 radical (unpaired) electrons. The van der Waals surface area contributed by atoms with Crippen LogP contribution in [0, 0.1) is 0 Å². The summed E-state index contributed by atoms with van der Waals surface area (Å²) in [4.78, 5) is 11.2. The molecule has 2 N–H and O–H groups in total. The zero-order chi connectivity index (χ0) is 10.2. The summed E-state index contributed by atoms with van der Waals surface area (Å²) < 4.78 is 0. The van der Waals surface area contributed by atoms with E-state index in [1.807, 2.05) is 6.92 Å². The molecule has 0 aromatic carbocycles. The number of nitrogens with zero attached hydrogens (tertiary/aromatic N) is 2. The number of aromatic amines is 1. The largest absolute Gasteiger partial charge is 0.481 e. The monoisotopic (exact) mass is 195 g/mol. The molecule has 0 bridgehead atoms. The Bertz CT molecular complexity index is 355. The van der Waals surface area contributed by atoms with E-state index in [1.165, 1.54) is 0 Å². The summed E-state index contributed by atoms with van der Waals surface area (Å²) in [5.74, 6) is -0.771. The lowest BCUT2D eigenvalue weighted by atomic mass is 9.66. The molecule has 0 saturated heterocycles. The maximum Gasteiger partial charge on any atom is 0.315 e. The minimum absolute atomic E-state index is 0.638. The molecule has 1 heterocycles. The number of carboxylic acids is 1. The highest BCUT2D eigenvalue weighted by atomic mass is 16.4. The Morgan fingerprint density at radius 3 is 2.71 bits per heavy atom. The van der Waals surface area contributed by atoms with E-state index < -0.39 is 11.4 Å². The van der Waals surface area contributed by atoms with E-state index in [1.54, 1.807) is 0 Å². The van der Waals surface area contributed by atoms with Crippen LogP contribution in [0.15, 0.2) is 0 Å². The molecule has 0 amide bonds. The zero-order valence-corrected chi connectivity index (χ0v) is 8.08. The topological polar surface area (TPSA) is 78.9 Å². The number of aromatic nitrogens is 3. The Morgan fingerprint density at radius 1 is 1.57 bits per heavy atom. The predicted molar refractivity (Wildman–Crippen MR) is 48.9 cm³/mol. The van der Waals surface area contributed by atoms with Crippen LogP contribution >= 0.6 is 0 Å². The smallest absolute Gasteiger partial charge is 0.315 e. The molecule has 1 aliphatic carbocycles. The number of H-pyrrole nitrogens is 1. The number of carboxylic acid groups (broad SMARTS) is 1. The second-order valence-corrected chi connectivity index (χ2v) is 3.71. The molecular formula is C9H13N3O2. The second kappa shape index (κ2) is 3.08. The Morgan fingerprint density at radius 2 is 2.29 bits per heavy atom. The van der Waals surface area contributed by atoms with Gasteiger partial charge in [-0.3, -0.25) is 4.79 Å². The first-order valence-electron chi connectivity index (χ1n) is 4.84. The van der Waals surface area contributed by atoms with Gasteiger partial charge in [-0.1, -0.05) is 13.3 Å². The van der Waals surface area contributed by atoms with Crippen LogP contribution in [0.3, 0.4) is 0 Å². The Balaban J connectivity index is 2.41. The molecule has 1 fully saturated rings. The summed E-state index contributed by atoms with van der Waals surface area (Å²) >= 11 is 0. The molecular weight excluding hydrogens is 182 g/mol. The fraction of sp³-hybridized carbons (Fsp3) is 0.667. The second-order valence-electron chi connectivity index (χ2n) is 3.71. The molecule has 5 nitrogen and oxygen atoms in total. The normalized spacial score (nSPS) is 18.9. The standard InChI is InChI=1S/C9H13N3O2/c1-2-6-7(11-12-10-6)9(8(13)14)4-3-5-9/h2-5H2,1H3,(H,13,14)(H,10,11,12). The lowest BCUT2D eigenvalue weighted by Gasteiger charge is -2.36. The van der Waals surface area contributed by atoms with E-state index in [4.69, 9.17) is 0 Å². The maximum atomic E-state index is 11.2. The van der Waals surface area contributed by atoms with Crippen molar-refractivity contribution in [3.63, 3.8) is 0 Å². The number of aryl methyl sites for hydroxylation is 1. The third-order valence-corrected chi connectivity index (χ3v) is 3.02. The van der Waals surface area contributed by atoms with Crippen molar-refractivity contribution < 1.29 is 9.90 Å². The van der Waals surface area contributed by atoms with Crippen LogP contribution in [0.4, 0.5) is 0 Å². The average molecular weight is 195 g/mol. The first kappa shape index (κ1) is 9.18. The van der Waals surface area contributed by atoms with Crippen LogP contribution in [0.2, 0.25) is 0 Å². The number of aliphatic carboxylic acids is 1. The van der Waals surface area contributed by atoms with Gasteiger partial charge >= 0.3 is 5.97 Å². The van der Waals surface area contributed by atoms with E-state index in [0.717, 1.165) is 18.5 Å². The van der Waals surface area contributed by atoms with Crippen molar-refractivity contribution in [1.82, 2.24) is 15.4 Å². The number of rotatable bonds is 3. The third kappa shape index (κ3) is 1.05. The van der Waals surface area contributed by atoms with Gasteiger partial charge in [0.05, 0.1) is 5.69 Å². The molecule has 0 unspecified atom stereocenters. The zero-order valence-electron chi connectivity index (χ0n) is 8.08. The molecule has 1 aliphatic rings. The highest BCUT2D eigenvalue weighted by molar-refractivity contribution is 5.82. The quantitative estimate of drug-likeness (QED) is 0.750. The number of hydrogen-bond donors (Lipinski definition) is 2. The molecule has 0 spiro atoms. The summed E-state index contributed by atoms with van der Waals surface area (Å²) in [6.07, 6.45) is 3.05. The lowest BCUT2D eigenvalue weighted by molar-refractivity contribution is -0.147. The lowest BCUT2D eigenvalue weighted by Crippen LogP contribution is -2.43. The van der Waals surface area contributed by atoms with Crippen LogP contribution in [-0.4, -0.2) is 26.5 Å². The van der Waals surface area contributed by atoms with Crippen molar-refractivity contribution in [2.24, 2.45) is 0 Å². The molecule has 76 valence electrons. The van der Waals surface area contributed by atoms with Gasteiger partial charge in [0.1, 0.15) is 11.1 Å². The van der Waals surface area contributed by atoms with Crippen LogP contribution < -0.4 is 0 Å². The minimum Gasteiger partial charge on any atom is -0.481 e. The summed E-state index contributed by atoms with van der Waals surface area (Å²) in [6, 6.07) is 0. The molecule has 1 aromatic heterocycles. The van der Waals surface area contributed by atoms with E-state index in [2.05, 4.69) is 15.4 Å². The van der Waals surface area contributed by atoms with Gasteiger partial charge in [-0.2, -0.15) is 15.4 Å². The SMILES string of the molecule is CCc1n[nH]nc1C1(C(=O)O)CCC1. The molecule has 5 heteroatoms. The van der Waals surface area contributed by atoms with Crippen molar-refractivity contribution in [1.29, 1.82) is 0 Å². The molecule has 14 heavy (non-hydrogen) atoms. The fourth-order valence-corrected chi connectivity index (χ4v) is 1.96. The minimum atomic E-state index is -0.771. The van der Waals surface area contributed by atoms with Crippen LogP contribution in [0.1, 0.15) is 37.6 Å². The molecule has 0 atom stereocenters. The van der Waals surface area contributed by atoms with E-state index >= 15 is 0 Å². The van der Waals surface area contributed by atoms with Gasteiger partial charge in [-0.25, -0.2) is 0 Å². The number of carbonyl (C=O) groups is 1. The van der Waals surface area contributed by atoms with Crippen molar-refractivity contribution in [3.05, 3.63) is 11.4 Å². The number of nitrogens with one attached hydrogen (secondary N) is 1. The summed E-state index contributed by atoms with van der Waals surface area (Å²) in [7, 11) is 0.